The van der Waals surface area contributed by atoms with Gasteiger partial charge in [-0.3, -0.25) is 14.2 Å². The van der Waals surface area contributed by atoms with E-state index < -0.39 is 5.41 Å². The van der Waals surface area contributed by atoms with Crippen molar-refractivity contribution in [2.24, 2.45) is 5.41 Å². The first-order valence-electron chi connectivity index (χ1n) is 6.91. The van der Waals surface area contributed by atoms with E-state index >= 15 is 0 Å². The van der Waals surface area contributed by atoms with Crippen LogP contribution in [0.3, 0.4) is 0 Å². The zero-order valence-corrected chi connectivity index (χ0v) is 12.3. The first-order chi connectivity index (χ1) is 10.4. The van der Waals surface area contributed by atoms with Crippen LogP contribution in [0.25, 0.3) is 10.5 Å². The fourth-order valence-corrected chi connectivity index (χ4v) is 2.67. The molecule has 0 radical (unpaired) electrons. The van der Waals surface area contributed by atoms with Crippen LogP contribution in [0.1, 0.15) is 29.8 Å². The molecule has 0 unspecified atom stereocenters. The highest BCUT2D eigenvalue weighted by atomic mass is 16.1. The number of nitrogens with zero attached hydrogens (tertiary/aromatic N) is 2. The Bertz CT molecular complexity index is 911. The molecular formula is C18H14N2O2. The highest BCUT2D eigenvalue weighted by Crippen LogP contribution is 2.38. The molecule has 4 nitrogen and oxygen atoms in total. The van der Waals surface area contributed by atoms with Gasteiger partial charge in [-0.05, 0) is 37.6 Å². The molecule has 0 atom stereocenters. The number of Topliss-reactive ketones (excluding diaryl/α,β-unsaturated/α-hetero) is 1. The molecule has 1 heterocycles. The lowest BCUT2D eigenvalue weighted by molar-refractivity contribution is 0.0882. The molecule has 1 aliphatic rings. The molecule has 0 amide bonds. The average Bonchev–Trinajstić information content (AvgIpc) is 2.51. The molecule has 1 aromatic carbocycles. The van der Waals surface area contributed by atoms with Crippen LogP contribution in [0.15, 0.2) is 53.5 Å². The molecule has 108 valence electrons. The van der Waals surface area contributed by atoms with Crippen LogP contribution < -0.4 is 5.56 Å². The van der Waals surface area contributed by atoms with E-state index in [0.29, 0.717) is 22.5 Å². The largest absolute Gasteiger partial charge is 0.293 e. The van der Waals surface area contributed by atoms with Gasteiger partial charge in [0.2, 0.25) is 0 Å². The van der Waals surface area contributed by atoms with Crippen LogP contribution in [0.4, 0.5) is 5.69 Å². The van der Waals surface area contributed by atoms with Crippen LogP contribution in [0.5, 0.6) is 0 Å². The Hall–Kier alpha value is -2.93. The van der Waals surface area contributed by atoms with E-state index in [9.17, 15) is 9.59 Å². The van der Waals surface area contributed by atoms with Crippen molar-refractivity contribution < 1.29 is 4.79 Å². The van der Waals surface area contributed by atoms with Gasteiger partial charge in [-0.25, -0.2) is 4.85 Å². The number of carbonyl (C=O) groups excluding carboxylic acids is 1. The van der Waals surface area contributed by atoms with E-state index in [4.69, 9.17) is 6.57 Å². The van der Waals surface area contributed by atoms with Crippen LogP contribution in [0.2, 0.25) is 0 Å². The molecular weight excluding hydrogens is 276 g/mol. The number of aromatic nitrogens is 1. The van der Waals surface area contributed by atoms with Gasteiger partial charge in [0.1, 0.15) is 0 Å². The second-order valence-corrected chi connectivity index (χ2v) is 5.83. The van der Waals surface area contributed by atoms with Gasteiger partial charge in [0.05, 0.1) is 12.3 Å². The van der Waals surface area contributed by atoms with Crippen molar-refractivity contribution in [3.8, 4) is 0 Å². The van der Waals surface area contributed by atoms with Crippen molar-refractivity contribution >= 4 is 17.2 Å². The molecule has 0 aliphatic heterocycles. The van der Waals surface area contributed by atoms with E-state index in [1.807, 2.05) is 13.8 Å². The molecule has 4 heteroatoms. The Morgan fingerprint density at radius 3 is 2.55 bits per heavy atom. The third kappa shape index (κ3) is 2.08. The number of benzene rings is 1. The summed E-state index contributed by atoms with van der Waals surface area (Å²) in [5.41, 5.74) is 1.41. The number of carbonyl (C=O) groups is 1. The number of hydrogen-bond acceptors (Lipinski definition) is 2. The van der Waals surface area contributed by atoms with Gasteiger partial charge in [0, 0.05) is 23.2 Å². The third-order valence-electron chi connectivity index (χ3n) is 3.82. The zero-order chi connectivity index (χ0) is 15.9. The van der Waals surface area contributed by atoms with E-state index in [2.05, 4.69) is 4.85 Å². The standard InChI is InChI=1S/C18H14N2O2/c1-18(2)11-15(20-9-5-4-6-16(20)21)14-10-12(19-3)7-8-13(14)17(18)22/h4-11H,1-2H3. The summed E-state index contributed by atoms with van der Waals surface area (Å²) in [5.74, 6) is -0.00763. The summed E-state index contributed by atoms with van der Waals surface area (Å²) in [6, 6.07) is 9.90. The van der Waals surface area contributed by atoms with Crippen molar-refractivity contribution in [3.05, 3.63) is 81.6 Å². The van der Waals surface area contributed by atoms with Crippen LogP contribution >= 0.6 is 0 Å². The summed E-state index contributed by atoms with van der Waals surface area (Å²) in [4.78, 5) is 28.2. The number of fused-ring (bicyclic) bond motifs is 1. The Morgan fingerprint density at radius 1 is 1.09 bits per heavy atom. The van der Waals surface area contributed by atoms with Crippen LogP contribution in [0, 0.1) is 12.0 Å². The minimum absolute atomic E-state index is 0.00763. The number of rotatable bonds is 1. The summed E-state index contributed by atoms with van der Waals surface area (Å²) >= 11 is 0. The maximum atomic E-state index is 12.6. The van der Waals surface area contributed by atoms with Crippen molar-refractivity contribution in [1.82, 2.24) is 4.57 Å². The molecule has 0 saturated heterocycles. The molecule has 2 aromatic rings. The van der Waals surface area contributed by atoms with Crippen molar-refractivity contribution in [3.63, 3.8) is 0 Å². The maximum Gasteiger partial charge on any atom is 0.255 e. The first-order valence-corrected chi connectivity index (χ1v) is 6.91. The highest BCUT2D eigenvalue weighted by Gasteiger charge is 2.34. The van der Waals surface area contributed by atoms with Gasteiger partial charge in [-0.15, -0.1) is 0 Å². The van der Waals surface area contributed by atoms with Gasteiger partial charge in [0.25, 0.3) is 5.56 Å². The Morgan fingerprint density at radius 2 is 1.86 bits per heavy atom. The topological polar surface area (TPSA) is 43.4 Å². The van der Waals surface area contributed by atoms with Crippen molar-refractivity contribution in [2.45, 2.75) is 13.8 Å². The summed E-state index contributed by atoms with van der Waals surface area (Å²) in [7, 11) is 0. The lowest BCUT2D eigenvalue weighted by Crippen LogP contribution is -2.30. The second kappa shape index (κ2) is 4.81. The number of allylic oxidation sites excluding steroid dienone is 1. The predicted octanol–water partition coefficient (Wildman–Crippen LogP) is 3.51. The van der Waals surface area contributed by atoms with E-state index in [0.717, 1.165) is 0 Å². The molecule has 22 heavy (non-hydrogen) atoms. The SMILES string of the molecule is [C-]#[N+]c1ccc2c(c1)C(n1ccccc1=O)=CC(C)(C)C2=O. The minimum atomic E-state index is -0.697. The van der Waals surface area contributed by atoms with E-state index in [1.165, 1.54) is 10.6 Å². The summed E-state index contributed by atoms with van der Waals surface area (Å²) < 4.78 is 1.51. The molecule has 0 saturated carbocycles. The summed E-state index contributed by atoms with van der Waals surface area (Å²) in [6.45, 7) is 10.8. The maximum absolute atomic E-state index is 12.6. The quantitative estimate of drug-likeness (QED) is 0.754. The van der Waals surface area contributed by atoms with Crippen molar-refractivity contribution in [2.75, 3.05) is 0 Å². The molecule has 1 aliphatic carbocycles. The Balaban J connectivity index is 2.35. The number of ketones is 1. The fraction of sp³-hybridized carbons (Fsp3) is 0.167. The zero-order valence-electron chi connectivity index (χ0n) is 12.3. The smallest absolute Gasteiger partial charge is 0.255 e. The third-order valence-corrected chi connectivity index (χ3v) is 3.82. The number of pyridine rings is 1. The van der Waals surface area contributed by atoms with Crippen molar-refractivity contribution in [1.29, 1.82) is 0 Å². The lowest BCUT2D eigenvalue weighted by Gasteiger charge is -2.29. The van der Waals surface area contributed by atoms with Gasteiger partial charge >= 0.3 is 0 Å². The van der Waals surface area contributed by atoms with Gasteiger partial charge in [-0.1, -0.05) is 18.2 Å². The van der Waals surface area contributed by atoms with Gasteiger partial charge in [-0.2, -0.15) is 0 Å². The summed E-state index contributed by atoms with van der Waals surface area (Å²) in [5, 5.41) is 0. The number of hydrogen-bond donors (Lipinski definition) is 0. The molecule has 1 aromatic heterocycles. The van der Waals surface area contributed by atoms with E-state index in [1.54, 1.807) is 42.6 Å². The van der Waals surface area contributed by atoms with Crippen LogP contribution in [-0.4, -0.2) is 10.4 Å². The first kappa shape index (κ1) is 14.0. The molecule has 0 fully saturated rings. The molecule has 0 bridgehead atoms. The van der Waals surface area contributed by atoms with Gasteiger partial charge in [0.15, 0.2) is 11.5 Å². The minimum Gasteiger partial charge on any atom is -0.293 e. The second-order valence-electron chi connectivity index (χ2n) is 5.83. The highest BCUT2D eigenvalue weighted by molar-refractivity contribution is 6.08. The average molecular weight is 290 g/mol. The molecule has 0 spiro atoms. The van der Waals surface area contributed by atoms with Gasteiger partial charge < -0.3 is 0 Å². The lowest BCUT2D eigenvalue weighted by atomic mass is 9.76. The molecule has 0 N–H and O–H groups in total. The predicted molar refractivity (Wildman–Crippen MR) is 84.9 cm³/mol. The summed E-state index contributed by atoms with van der Waals surface area (Å²) in [6.07, 6.45) is 3.47. The fourth-order valence-electron chi connectivity index (χ4n) is 2.67. The monoisotopic (exact) mass is 290 g/mol. The van der Waals surface area contributed by atoms with E-state index in [-0.39, 0.29) is 11.3 Å². The normalized spacial score (nSPS) is 15.7. The Labute approximate surface area is 128 Å². The Kier molecular flexibility index (Phi) is 3.07. The molecule has 3 rings (SSSR count). The van der Waals surface area contributed by atoms with Crippen LogP contribution in [-0.2, 0) is 0 Å².